The number of hydrogen-bond donors (Lipinski definition) is 0. The lowest BCUT2D eigenvalue weighted by Crippen LogP contribution is -1.78. The molecule has 0 radical (unpaired) electrons. The first-order valence-electron chi connectivity index (χ1n) is 4.50. The maximum absolute atomic E-state index is 12.1. The van der Waals surface area contributed by atoms with E-state index in [0.717, 1.165) is 18.4 Å². The fourth-order valence-corrected chi connectivity index (χ4v) is 0.967. The Morgan fingerprint density at radius 2 is 1.92 bits per heavy atom. The lowest BCUT2D eigenvalue weighted by molar-refractivity contribution is 0.485. The quantitative estimate of drug-likeness (QED) is 0.606. The first-order chi connectivity index (χ1) is 6.36. The lowest BCUT2D eigenvalue weighted by atomic mass is 10.1. The van der Waals surface area contributed by atoms with Crippen LogP contribution in [0.4, 0.5) is 4.39 Å². The van der Waals surface area contributed by atoms with Crippen LogP contribution < -0.4 is 0 Å². The summed E-state index contributed by atoms with van der Waals surface area (Å²) in [7, 11) is 0. The molecule has 1 aromatic rings. The molecule has 0 aliphatic carbocycles. The molecular weight excluding hydrogens is 163 g/mol. The fraction of sp³-hybridized carbons (Fsp3) is 0.333. The molecule has 0 bridgehead atoms. The molecule has 0 aliphatic heterocycles. The minimum absolute atomic E-state index is 0.400. The summed E-state index contributed by atoms with van der Waals surface area (Å²) in [6.45, 7) is 1.70. The van der Waals surface area contributed by atoms with Crippen LogP contribution in [-0.4, -0.2) is 0 Å². The van der Waals surface area contributed by atoms with E-state index in [-0.39, 0.29) is 0 Å². The van der Waals surface area contributed by atoms with Crippen molar-refractivity contribution >= 4 is 0 Å². The van der Waals surface area contributed by atoms with Crippen molar-refractivity contribution in [3.63, 3.8) is 0 Å². The molecule has 0 aliphatic rings. The van der Waals surface area contributed by atoms with Crippen LogP contribution in [0.25, 0.3) is 0 Å². The van der Waals surface area contributed by atoms with Crippen molar-refractivity contribution in [1.29, 1.82) is 0 Å². The molecule has 0 fully saturated rings. The van der Waals surface area contributed by atoms with E-state index in [9.17, 15) is 4.39 Å². The number of unbranched alkanes of at least 4 members (excludes halogenated alkanes) is 1. The van der Waals surface area contributed by atoms with Crippen molar-refractivity contribution in [2.24, 2.45) is 0 Å². The molecule has 1 heteroatoms. The van der Waals surface area contributed by atoms with Gasteiger partial charge in [0.25, 0.3) is 0 Å². The molecule has 0 nitrogen and oxygen atoms in total. The van der Waals surface area contributed by atoms with E-state index in [1.807, 2.05) is 12.1 Å². The van der Waals surface area contributed by atoms with Crippen LogP contribution in [0, 0.1) is 11.8 Å². The summed E-state index contributed by atoms with van der Waals surface area (Å²) < 4.78 is 12.1. The van der Waals surface area contributed by atoms with Gasteiger partial charge in [0.2, 0.25) is 0 Å². The Hall–Kier alpha value is -1.29. The van der Waals surface area contributed by atoms with E-state index < -0.39 is 6.67 Å². The molecule has 68 valence electrons. The summed E-state index contributed by atoms with van der Waals surface area (Å²) in [5.41, 5.74) is 1.67. The summed E-state index contributed by atoms with van der Waals surface area (Å²) in [5, 5.41) is 0. The normalized spacial score (nSPS) is 9.08. The van der Waals surface area contributed by atoms with Gasteiger partial charge >= 0.3 is 0 Å². The topological polar surface area (TPSA) is 0 Å². The second-order valence-corrected chi connectivity index (χ2v) is 2.88. The molecule has 1 aromatic carbocycles. The maximum atomic E-state index is 12.1. The largest absolute Gasteiger partial charge is 0.246 e. The summed E-state index contributed by atoms with van der Waals surface area (Å²) in [6.07, 6.45) is 2.00. The van der Waals surface area contributed by atoms with Crippen molar-refractivity contribution in [2.75, 3.05) is 0 Å². The SMILES string of the molecule is CCCC#Cc1ccc(CF)cc1. The molecule has 0 heterocycles. The predicted molar refractivity (Wildman–Crippen MR) is 53.0 cm³/mol. The Labute approximate surface area is 78.8 Å². The number of alkyl halides is 1. The molecule has 0 unspecified atom stereocenters. The summed E-state index contributed by atoms with van der Waals surface area (Å²) in [5.74, 6) is 6.07. The van der Waals surface area contributed by atoms with Gasteiger partial charge < -0.3 is 0 Å². The predicted octanol–water partition coefficient (Wildman–Crippen LogP) is 3.31. The Bertz CT molecular complexity index is 300. The highest BCUT2D eigenvalue weighted by atomic mass is 19.1. The Morgan fingerprint density at radius 3 is 2.46 bits per heavy atom. The Balaban J connectivity index is 2.65. The Kier molecular flexibility index (Phi) is 4.05. The molecule has 0 N–H and O–H groups in total. The van der Waals surface area contributed by atoms with Crippen LogP contribution in [0.15, 0.2) is 24.3 Å². The zero-order chi connectivity index (χ0) is 9.52. The van der Waals surface area contributed by atoms with Crippen molar-refractivity contribution in [3.8, 4) is 11.8 Å². The van der Waals surface area contributed by atoms with Gasteiger partial charge in [-0.15, -0.1) is 0 Å². The average Bonchev–Trinajstić information content (AvgIpc) is 2.19. The van der Waals surface area contributed by atoms with Gasteiger partial charge in [0.15, 0.2) is 0 Å². The molecular formula is C12H13F. The van der Waals surface area contributed by atoms with E-state index in [2.05, 4.69) is 18.8 Å². The fourth-order valence-electron chi connectivity index (χ4n) is 0.967. The monoisotopic (exact) mass is 176 g/mol. The third-order valence-corrected chi connectivity index (χ3v) is 1.72. The van der Waals surface area contributed by atoms with Gasteiger partial charge in [0.1, 0.15) is 6.67 Å². The van der Waals surface area contributed by atoms with E-state index in [4.69, 9.17) is 0 Å². The molecule has 0 spiro atoms. The summed E-state index contributed by atoms with van der Waals surface area (Å²) in [6, 6.07) is 7.26. The minimum Gasteiger partial charge on any atom is -0.246 e. The van der Waals surface area contributed by atoms with Gasteiger partial charge in [-0.1, -0.05) is 30.9 Å². The van der Waals surface area contributed by atoms with Gasteiger partial charge in [-0.2, -0.15) is 0 Å². The van der Waals surface area contributed by atoms with Crippen molar-refractivity contribution < 1.29 is 4.39 Å². The molecule has 1 rings (SSSR count). The van der Waals surface area contributed by atoms with Crippen molar-refractivity contribution in [3.05, 3.63) is 35.4 Å². The molecule has 0 saturated carbocycles. The van der Waals surface area contributed by atoms with Crippen LogP contribution in [0.2, 0.25) is 0 Å². The van der Waals surface area contributed by atoms with Crippen LogP contribution in [0.3, 0.4) is 0 Å². The highest BCUT2D eigenvalue weighted by molar-refractivity contribution is 5.35. The van der Waals surface area contributed by atoms with E-state index in [1.54, 1.807) is 12.1 Å². The zero-order valence-electron chi connectivity index (χ0n) is 7.81. The average molecular weight is 176 g/mol. The standard InChI is InChI=1S/C12H13F/c1-2-3-4-5-11-6-8-12(10-13)9-7-11/h6-9H,2-3,10H2,1H3. The Morgan fingerprint density at radius 1 is 1.23 bits per heavy atom. The van der Waals surface area contributed by atoms with Gasteiger partial charge in [-0.05, 0) is 24.1 Å². The van der Waals surface area contributed by atoms with Crippen molar-refractivity contribution in [1.82, 2.24) is 0 Å². The number of rotatable bonds is 2. The number of benzene rings is 1. The molecule has 13 heavy (non-hydrogen) atoms. The van der Waals surface area contributed by atoms with Gasteiger partial charge in [0.05, 0.1) is 0 Å². The van der Waals surface area contributed by atoms with Crippen LogP contribution in [0.1, 0.15) is 30.9 Å². The lowest BCUT2D eigenvalue weighted by Gasteiger charge is -1.93. The van der Waals surface area contributed by atoms with Crippen molar-refractivity contribution in [2.45, 2.75) is 26.4 Å². The van der Waals surface area contributed by atoms with Crippen LogP contribution in [-0.2, 0) is 6.67 Å². The zero-order valence-corrected chi connectivity index (χ0v) is 7.81. The first kappa shape index (κ1) is 9.80. The van der Waals surface area contributed by atoms with Gasteiger partial charge in [-0.25, -0.2) is 4.39 Å². The molecule has 0 aromatic heterocycles. The summed E-state index contributed by atoms with van der Waals surface area (Å²) in [4.78, 5) is 0. The first-order valence-corrected chi connectivity index (χ1v) is 4.50. The highest BCUT2D eigenvalue weighted by Crippen LogP contribution is 2.04. The third kappa shape index (κ3) is 3.29. The minimum atomic E-state index is -0.400. The number of hydrogen-bond acceptors (Lipinski definition) is 0. The molecule has 0 amide bonds. The highest BCUT2D eigenvalue weighted by Gasteiger charge is 1.89. The second kappa shape index (κ2) is 5.37. The third-order valence-electron chi connectivity index (χ3n) is 1.72. The smallest absolute Gasteiger partial charge is 0.115 e. The summed E-state index contributed by atoms with van der Waals surface area (Å²) >= 11 is 0. The van der Waals surface area contributed by atoms with E-state index in [1.165, 1.54) is 0 Å². The second-order valence-electron chi connectivity index (χ2n) is 2.88. The van der Waals surface area contributed by atoms with Crippen LogP contribution >= 0.6 is 0 Å². The van der Waals surface area contributed by atoms with Crippen LogP contribution in [0.5, 0.6) is 0 Å². The number of halogens is 1. The molecule has 0 atom stereocenters. The molecule has 0 saturated heterocycles. The maximum Gasteiger partial charge on any atom is 0.115 e. The van der Waals surface area contributed by atoms with Gasteiger partial charge in [0, 0.05) is 12.0 Å². The van der Waals surface area contributed by atoms with E-state index in [0.29, 0.717) is 5.56 Å². The van der Waals surface area contributed by atoms with E-state index >= 15 is 0 Å². The van der Waals surface area contributed by atoms with Gasteiger partial charge in [-0.3, -0.25) is 0 Å².